The van der Waals surface area contributed by atoms with E-state index >= 15 is 0 Å². The molecule has 2 aliphatic rings. The number of rotatable bonds is 5. The maximum atomic E-state index is 12.0. The first-order valence-corrected chi connectivity index (χ1v) is 6.81. The van der Waals surface area contributed by atoms with Gasteiger partial charge >= 0.3 is 0 Å². The number of hydrogen-bond acceptors (Lipinski definition) is 1. The highest BCUT2D eigenvalue weighted by Crippen LogP contribution is 2.34. The molecule has 0 saturated heterocycles. The second-order valence-electron chi connectivity index (χ2n) is 4.43. The van der Waals surface area contributed by atoms with Crippen molar-refractivity contribution in [1.82, 2.24) is 4.90 Å². The largest absolute Gasteiger partial charge is 0.339 e. The van der Waals surface area contributed by atoms with Crippen LogP contribution >= 0.6 is 15.9 Å². The summed E-state index contributed by atoms with van der Waals surface area (Å²) < 4.78 is 0. The van der Waals surface area contributed by atoms with Gasteiger partial charge in [-0.1, -0.05) is 15.9 Å². The van der Waals surface area contributed by atoms with Gasteiger partial charge in [0, 0.05) is 23.8 Å². The standard InChI is InChI=1S/C11H18BrNO/c12-7-2-8-13(10-3-1-4-10)11(14)9-5-6-9/h9-10H,1-8H2. The van der Waals surface area contributed by atoms with Crippen LogP contribution in [0.5, 0.6) is 0 Å². The van der Waals surface area contributed by atoms with E-state index in [1.54, 1.807) is 0 Å². The average molecular weight is 260 g/mol. The van der Waals surface area contributed by atoms with Crippen molar-refractivity contribution in [2.75, 3.05) is 11.9 Å². The number of alkyl halides is 1. The van der Waals surface area contributed by atoms with E-state index in [1.807, 2.05) is 0 Å². The Morgan fingerprint density at radius 3 is 2.43 bits per heavy atom. The van der Waals surface area contributed by atoms with Gasteiger partial charge in [-0.3, -0.25) is 4.79 Å². The van der Waals surface area contributed by atoms with Crippen LogP contribution in [-0.2, 0) is 4.79 Å². The zero-order chi connectivity index (χ0) is 9.97. The molecule has 2 aliphatic carbocycles. The molecule has 0 radical (unpaired) electrons. The summed E-state index contributed by atoms with van der Waals surface area (Å²) in [6.07, 6.45) is 7.15. The third kappa shape index (κ3) is 2.30. The molecule has 2 saturated carbocycles. The Bertz CT molecular complexity index is 211. The number of carbonyl (C=O) groups excluding carboxylic acids is 1. The lowest BCUT2D eigenvalue weighted by molar-refractivity contribution is -0.136. The highest BCUT2D eigenvalue weighted by molar-refractivity contribution is 9.09. The van der Waals surface area contributed by atoms with Crippen molar-refractivity contribution in [3.63, 3.8) is 0 Å². The minimum atomic E-state index is 0.394. The molecule has 3 heteroatoms. The van der Waals surface area contributed by atoms with Gasteiger partial charge in [-0.2, -0.15) is 0 Å². The summed E-state index contributed by atoms with van der Waals surface area (Å²) >= 11 is 3.43. The van der Waals surface area contributed by atoms with Crippen molar-refractivity contribution in [3.8, 4) is 0 Å². The predicted octanol–water partition coefficient (Wildman–Crippen LogP) is 2.56. The summed E-state index contributed by atoms with van der Waals surface area (Å²) in [6, 6.07) is 0.585. The Morgan fingerprint density at radius 1 is 1.29 bits per heavy atom. The van der Waals surface area contributed by atoms with Crippen LogP contribution in [0.15, 0.2) is 0 Å². The average Bonchev–Trinajstić information content (AvgIpc) is 2.90. The van der Waals surface area contributed by atoms with Gasteiger partial charge in [0.15, 0.2) is 0 Å². The number of halogens is 1. The van der Waals surface area contributed by atoms with Gasteiger partial charge in [-0.15, -0.1) is 0 Å². The maximum absolute atomic E-state index is 12.0. The van der Waals surface area contributed by atoms with Crippen molar-refractivity contribution in [2.24, 2.45) is 5.92 Å². The lowest BCUT2D eigenvalue weighted by Crippen LogP contribution is -2.45. The summed E-state index contributed by atoms with van der Waals surface area (Å²) in [5.41, 5.74) is 0. The minimum absolute atomic E-state index is 0.394. The van der Waals surface area contributed by atoms with Gasteiger partial charge in [0.1, 0.15) is 0 Å². The van der Waals surface area contributed by atoms with Crippen molar-refractivity contribution in [3.05, 3.63) is 0 Å². The lowest BCUT2D eigenvalue weighted by atomic mass is 9.91. The summed E-state index contributed by atoms with van der Waals surface area (Å²) in [4.78, 5) is 14.1. The Hall–Kier alpha value is -0.0500. The Balaban J connectivity index is 1.86. The molecule has 2 nitrogen and oxygen atoms in total. The third-order valence-corrected chi connectivity index (χ3v) is 3.82. The SMILES string of the molecule is O=C(C1CC1)N(CCCBr)C1CCC1. The lowest BCUT2D eigenvalue weighted by Gasteiger charge is -2.37. The second kappa shape index (κ2) is 4.65. The predicted molar refractivity (Wildman–Crippen MR) is 60.5 cm³/mol. The monoisotopic (exact) mass is 259 g/mol. The summed E-state index contributed by atoms with van der Waals surface area (Å²) in [5.74, 6) is 0.835. The van der Waals surface area contributed by atoms with Crippen LogP contribution in [0.25, 0.3) is 0 Å². The van der Waals surface area contributed by atoms with E-state index in [-0.39, 0.29) is 0 Å². The van der Waals surface area contributed by atoms with E-state index in [0.717, 1.165) is 31.1 Å². The molecule has 80 valence electrons. The van der Waals surface area contributed by atoms with Crippen LogP contribution in [0.1, 0.15) is 38.5 Å². The summed E-state index contributed by atoms with van der Waals surface area (Å²) in [7, 11) is 0. The fraction of sp³-hybridized carbons (Fsp3) is 0.909. The zero-order valence-electron chi connectivity index (χ0n) is 8.54. The second-order valence-corrected chi connectivity index (χ2v) is 5.23. The van der Waals surface area contributed by atoms with Crippen molar-refractivity contribution in [2.45, 2.75) is 44.6 Å². The van der Waals surface area contributed by atoms with Crippen LogP contribution in [-0.4, -0.2) is 28.7 Å². The normalized spacial score (nSPS) is 21.8. The first-order chi connectivity index (χ1) is 6.83. The number of nitrogens with zero attached hydrogens (tertiary/aromatic N) is 1. The molecule has 0 heterocycles. The van der Waals surface area contributed by atoms with E-state index in [1.165, 1.54) is 19.3 Å². The molecule has 0 aromatic carbocycles. The van der Waals surface area contributed by atoms with E-state index < -0.39 is 0 Å². The Kier molecular flexibility index (Phi) is 3.47. The van der Waals surface area contributed by atoms with Gasteiger partial charge < -0.3 is 4.90 Å². The Morgan fingerprint density at radius 2 is 2.00 bits per heavy atom. The van der Waals surface area contributed by atoms with Crippen molar-refractivity contribution < 1.29 is 4.79 Å². The molecule has 0 spiro atoms. The van der Waals surface area contributed by atoms with Crippen LogP contribution < -0.4 is 0 Å². The van der Waals surface area contributed by atoms with Crippen molar-refractivity contribution in [1.29, 1.82) is 0 Å². The molecule has 0 unspecified atom stereocenters. The minimum Gasteiger partial charge on any atom is -0.339 e. The number of amides is 1. The van der Waals surface area contributed by atoms with Gasteiger partial charge in [0.05, 0.1) is 0 Å². The van der Waals surface area contributed by atoms with Crippen molar-refractivity contribution >= 4 is 21.8 Å². The molecule has 2 fully saturated rings. The fourth-order valence-corrected chi connectivity index (χ4v) is 2.22. The highest BCUT2D eigenvalue weighted by atomic mass is 79.9. The summed E-state index contributed by atoms with van der Waals surface area (Å²) in [6.45, 7) is 0.964. The van der Waals surface area contributed by atoms with Gasteiger partial charge in [0.2, 0.25) is 5.91 Å². The topological polar surface area (TPSA) is 20.3 Å². The number of carbonyl (C=O) groups is 1. The van der Waals surface area contributed by atoms with Gasteiger partial charge in [-0.25, -0.2) is 0 Å². The molecule has 2 rings (SSSR count). The molecule has 0 atom stereocenters. The highest BCUT2D eigenvalue weighted by Gasteiger charge is 2.37. The molecule has 0 bridgehead atoms. The maximum Gasteiger partial charge on any atom is 0.225 e. The third-order valence-electron chi connectivity index (χ3n) is 3.26. The van der Waals surface area contributed by atoms with Crippen LogP contribution in [0, 0.1) is 5.92 Å². The molecule has 0 aromatic rings. The summed E-state index contributed by atoms with van der Waals surface area (Å²) in [5, 5.41) is 1.01. The molecule has 0 aliphatic heterocycles. The van der Waals surface area contributed by atoms with Crippen LogP contribution in [0.3, 0.4) is 0 Å². The molecule has 14 heavy (non-hydrogen) atoms. The Labute approximate surface area is 94.2 Å². The molecule has 0 aromatic heterocycles. The van der Waals surface area contributed by atoms with E-state index in [2.05, 4.69) is 20.8 Å². The fourth-order valence-electron chi connectivity index (χ4n) is 1.97. The van der Waals surface area contributed by atoms with Gasteiger partial charge in [0.25, 0.3) is 0 Å². The molecular formula is C11H18BrNO. The molecular weight excluding hydrogens is 242 g/mol. The van der Waals surface area contributed by atoms with E-state index in [0.29, 0.717) is 17.9 Å². The van der Waals surface area contributed by atoms with E-state index in [4.69, 9.17) is 0 Å². The first-order valence-electron chi connectivity index (χ1n) is 5.69. The quantitative estimate of drug-likeness (QED) is 0.696. The van der Waals surface area contributed by atoms with Gasteiger partial charge in [-0.05, 0) is 38.5 Å². The zero-order valence-corrected chi connectivity index (χ0v) is 10.1. The molecule has 0 N–H and O–H groups in total. The smallest absolute Gasteiger partial charge is 0.225 e. The first kappa shape index (κ1) is 10.5. The van der Waals surface area contributed by atoms with Crippen LogP contribution in [0.2, 0.25) is 0 Å². The number of hydrogen-bond donors (Lipinski definition) is 0. The van der Waals surface area contributed by atoms with Crippen LogP contribution in [0.4, 0.5) is 0 Å². The van der Waals surface area contributed by atoms with E-state index in [9.17, 15) is 4.79 Å². The molecule has 1 amide bonds.